The molecular weight excluding hydrogens is 579 g/mol. The molecule has 0 atom stereocenters. The Morgan fingerprint density at radius 2 is 1.55 bits per heavy atom. The zero-order chi connectivity index (χ0) is 31.1. The Morgan fingerprint density at radius 1 is 0.976 bits per heavy atom. The van der Waals surface area contributed by atoms with Gasteiger partial charge in [0, 0.05) is 24.8 Å². The topological polar surface area (TPSA) is 154 Å². The SMILES string of the molecule is CC(=O)c1ccc(S(=O)(=O)Nc2cc(C(=O)O)cnc2N2CCC(Cc3ccccc3)CC2)cc1.O=C(O)C(F)(F)F. The number of carboxylic acid groups (broad SMARTS) is 2. The van der Waals surface area contributed by atoms with Crippen molar-refractivity contribution in [3.8, 4) is 0 Å². The number of Topliss-reactive ketones (excluding diaryl/α,β-unsaturated/α-hetero) is 1. The van der Waals surface area contributed by atoms with Crippen LogP contribution >= 0.6 is 0 Å². The zero-order valence-electron chi connectivity index (χ0n) is 22.3. The number of anilines is 2. The third-order valence-corrected chi connectivity index (χ3v) is 7.83. The maximum absolute atomic E-state index is 13.1. The summed E-state index contributed by atoms with van der Waals surface area (Å²) in [5.41, 5.74) is 1.69. The van der Waals surface area contributed by atoms with Crippen molar-refractivity contribution < 1.29 is 46.2 Å². The van der Waals surface area contributed by atoms with Gasteiger partial charge in [-0.1, -0.05) is 42.5 Å². The molecule has 0 radical (unpaired) electrons. The molecule has 0 aliphatic carbocycles. The van der Waals surface area contributed by atoms with Gasteiger partial charge in [-0.25, -0.2) is 23.0 Å². The molecule has 1 saturated heterocycles. The van der Waals surface area contributed by atoms with Gasteiger partial charge < -0.3 is 15.1 Å². The highest BCUT2D eigenvalue weighted by Crippen LogP contribution is 2.31. The number of aliphatic carboxylic acids is 1. The first-order valence-corrected chi connectivity index (χ1v) is 14.1. The predicted molar refractivity (Wildman–Crippen MR) is 147 cm³/mol. The van der Waals surface area contributed by atoms with E-state index in [1.165, 1.54) is 49.0 Å². The summed E-state index contributed by atoms with van der Waals surface area (Å²) in [6.45, 7) is 2.76. The molecule has 1 fully saturated rings. The van der Waals surface area contributed by atoms with Gasteiger partial charge in [0.25, 0.3) is 10.0 Å². The first-order chi connectivity index (χ1) is 19.7. The number of alkyl halides is 3. The molecule has 4 rings (SSSR count). The summed E-state index contributed by atoms with van der Waals surface area (Å²) in [6.07, 6.45) is -1.03. The Morgan fingerprint density at radius 3 is 2.05 bits per heavy atom. The highest BCUT2D eigenvalue weighted by atomic mass is 32.2. The van der Waals surface area contributed by atoms with Gasteiger partial charge in [0.15, 0.2) is 11.6 Å². The van der Waals surface area contributed by atoms with Gasteiger partial charge in [-0.05, 0) is 55.9 Å². The quantitative estimate of drug-likeness (QED) is 0.304. The second kappa shape index (κ2) is 13.5. The van der Waals surface area contributed by atoms with Crippen LogP contribution in [0.15, 0.2) is 71.8 Å². The average molecular weight is 608 g/mol. The number of hydrogen-bond acceptors (Lipinski definition) is 7. The monoisotopic (exact) mass is 607 g/mol. The first kappa shape index (κ1) is 32.1. The minimum Gasteiger partial charge on any atom is -0.478 e. The molecule has 3 aromatic rings. The molecule has 1 aliphatic rings. The van der Waals surface area contributed by atoms with E-state index in [0.29, 0.717) is 30.4 Å². The van der Waals surface area contributed by atoms with E-state index in [2.05, 4.69) is 21.8 Å². The van der Waals surface area contributed by atoms with Crippen molar-refractivity contribution >= 4 is 39.3 Å². The first-order valence-electron chi connectivity index (χ1n) is 12.6. The van der Waals surface area contributed by atoms with Crippen molar-refractivity contribution in [3.05, 3.63) is 83.6 Å². The van der Waals surface area contributed by atoms with Crippen LogP contribution in [0.3, 0.4) is 0 Å². The van der Waals surface area contributed by atoms with Crippen molar-refractivity contribution in [1.82, 2.24) is 4.98 Å². The molecule has 14 heteroatoms. The molecule has 224 valence electrons. The molecule has 10 nitrogen and oxygen atoms in total. The predicted octanol–water partition coefficient (Wildman–Crippen LogP) is 4.88. The number of halogens is 3. The third-order valence-electron chi connectivity index (χ3n) is 6.45. The number of nitrogens with one attached hydrogen (secondary N) is 1. The lowest BCUT2D eigenvalue weighted by atomic mass is 9.90. The fourth-order valence-corrected chi connectivity index (χ4v) is 5.32. The Balaban J connectivity index is 0.000000616. The number of sulfonamides is 1. The highest BCUT2D eigenvalue weighted by Gasteiger charge is 2.38. The number of ketones is 1. The van der Waals surface area contributed by atoms with Crippen LogP contribution in [0.2, 0.25) is 0 Å². The maximum atomic E-state index is 13.1. The van der Waals surface area contributed by atoms with Crippen molar-refractivity contribution in [2.75, 3.05) is 22.7 Å². The van der Waals surface area contributed by atoms with Gasteiger partial charge in [0.1, 0.15) is 0 Å². The Kier molecular flexibility index (Phi) is 10.3. The number of pyridine rings is 1. The summed E-state index contributed by atoms with van der Waals surface area (Å²) < 4.78 is 60.4. The van der Waals surface area contributed by atoms with Crippen molar-refractivity contribution in [2.45, 2.75) is 37.3 Å². The van der Waals surface area contributed by atoms with Crippen LogP contribution in [0, 0.1) is 5.92 Å². The molecule has 0 bridgehead atoms. The molecule has 42 heavy (non-hydrogen) atoms. The van der Waals surface area contributed by atoms with E-state index >= 15 is 0 Å². The molecule has 3 N–H and O–H groups in total. The largest absolute Gasteiger partial charge is 0.490 e. The number of rotatable bonds is 8. The van der Waals surface area contributed by atoms with Crippen LogP contribution in [0.4, 0.5) is 24.7 Å². The lowest BCUT2D eigenvalue weighted by Crippen LogP contribution is -2.35. The number of piperidine rings is 1. The Hall–Kier alpha value is -4.46. The van der Waals surface area contributed by atoms with E-state index in [4.69, 9.17) is 9.90 Å². The lowest BCUT2D eigenvalue weighted by Gasteiger charge is -2.34. The summed E-state index contributed by atoms with van der Waals surface area (Å²) in [4.78, 5) is 38.2. The average Bonchev–Trinajstić information content (AvgIpc) is 2.94. The number of hydrogen-bond donors (Lipinski definition) is 3. The smallest absolute Gasteiger partial charge is 0.478 e. The van der Waals surface area contributed by atoms with Gasteiger partial charge in [0.2, 0.25) is 0 Å². The fourth-order valence-electron chi connectivity index (χ4n) is 4.27. The molecule has 2 heterocycles. The number of carbonyl (C=O) groups is 3. The fraction of sp³-hybridized carbons (Fsp3) is 0.286. The molecule has 0 unspecified atom stereocenters. The number of aromatic carboxylic acids is 1. The van der Waals surface area contributed by atoms with Gasteiger partial charge in [-0.3, -0.25) is 9.52 Å². The summed E-state index contributed by atoms with van der Waals surface area (Å²) in [7, 11) is -4.03. The summed E-state index contributed by atoms with van der Waals surface area (Å²) in [5, 5.41) is 16.5. The van der Waals surface area contributed by atoms with Crippen LogP contribution in [0.1, 0.15) is 46.0 Å². The van der Waals surface area contributed by atoms with E-state index in [0.717, 1.165) is 19.3 Å². The molecule has 0 spiro atoms. The lowest BCUT2D eigenvalue weighted by molar-refractivity contribution is -0.192. The Labute approximate surface area is 239 Å². The van der Waals surface area contributed by atoms with Crippen LogP contribution in [0.25, 0.3) is 0 Å². The van der Waals surface area contributed by atoms with E-state index in [1.54, 1.807) is 0 Å². The summed E-state index contributed by atoms with van der Waals surface area (Å²) >= 11 is 0. The minimum atomic E-state index is -5.08. The molecular formula is C28H28F3N3O7S. The molecule has 0 amide bonds. The van der Waals surface area contributed by atoms with Crippen LogP contribution in [0.5, 0.6) is 0 Å². The van der Waals surface area contributed by atoms with Gasteiger partial charge in [-0.15, -0.1) is 0 Å². The molecule has 2 aromatic carbocycles. The molecule has 1 aliphatic heterocycles. The highest BCUT2D eigenvalue weighted by molar-refractivity contribution is 7.92. The van der Waals surface area contributed by atoms with Crippen LogP contribution < -0.4 is 9.62 Å². The number of nitrogens with zero attached hydrogens (tertiary/aromatic N) is 2. The zero-order valence-corrected chi connectivity index (χ0v) is 23.2. The van der Waals surface area contributed by atoms with E-state index in [9.17, 15) is 36.3 Å². The summed E-state index contributed by atoms with van der Waals surface area (Å²) in [6, 6.07) is 17.2. The normalized spacial score (nSPS) is 14.0. The van der Waals surface area contributed by atoms with Gasteiger partial charge >= 0.3 is 18.1 Å². The number of benzene rings is 2. The van der Waals surface area contributed by atoms with Crippen molar-refractivity contribution in [3.63, 3.8) is 0 Å². The second-order valence-electron chi connectivity index (χ2n) is 9.51. The second-order valence-corrected chi connectivity index (χ2v) is 11.2. The third kappa shape index (κ3) is 8.77. The van der Waals surface area contributed by atoms with E-state index in [1.807, 2.05) is 23.1 Å². The van der Waals surface area contributed by atoms with Gasteiger partial charge in [0.05, 0.1) is 16.1 Å². The molecule has 0 saturated carbocycles. The molecule has 1 aromatic heterocycles. The van der Waals surface area contributed by atoms with Gasteiger partial charge in [-0.2, -0.15) is 13.2 Å². The summed E-state index contributed by atoms with van der Waals surface area (Å²) in [5.74, 6) is -3.22. The Bertz CT molecular complexity index is 1520. The maximum Gasteiger partial charge on any atom is 0.490 e. The number of carbonyl (C=O) groups excluding carboxylic acids is 1. The van der Waals surface area contributed by atoms with Crippen molar-refractivity contribution in [1.29, 1.82) is 0 Å². The van der Waals surface area contributed by atoms with Crippen LogP contribution in [-0.4, -0.2) is 60.6 Å². The minimum absolute atomic E-state index is 0.0317. The van der Waals surface area contributed by atoms with Crippen LogP contribution in [-0.2, 0) is 21.2 Å². The van der Waals surface area contributed by atoms with Crippen molar-refractivity contribution in [2.24, 2.45) is 5.92 Å². The van der Waals surface area contributed by atoms with E-state index < -0.39 is 28.1 Å². The number of aromatic nitrogens is 1. The van der Waals surface area contributed by atoms with E-state index in [-0.39, 0.29) is 21.9 Å². The number of carboxylic acids is 2. The standard InChI is InChI=1S/C26H27N3O5S.C2HF3O2/c1-18(30)21-7-9-23(10-8-21)35(33,34)28-24-16-22(26(31)32)17-27-25(24)29-13-11-20(12-14-29)15-19-5-3-2-4-6-19;3-2(4,5)1(6)7/h2-10,16-17,20,28H,11-15H2,1H3,(H,31,32);(H,6,7).